The number of aryl methyl sites for hydroxylation is 1. The van der Waals surface area contributed by atoms with Gasteiger partial charge in [-0.05, 0) is 43.9 Å². The molecule has 0 radical (unpaired) electrons. The van der Waals surface area contributed by atoms with Crippen molar-refractivity contribution in [2.75, 3.05) is 11.4 Å². The molecule has 124 valence electrons. The van der Waals surface area contributed by atoms with Crippen LogP contribution in [0.3, 0.4) is 0 Å². The smallest absolute Gasteiger partial charge is 0.268 e. The molecule has 1 heterocycles. The Morgan fingerprint density at radius 2 is 2.09 bits per heavy atom. The Bertz CT molecular complexity index is 608. The minimum Gasteiger partial charge on any atom is -0.478 e. The molecule has 3 rings (SSSR count). The van der Waals surface area contributed by atoms with Crippen LogP contribution in [0.5, 0.6) is 5.75 Å². The summed E-state index contributed by atoms with van der Waals surface area (Å²) in [7, 11) is 0. The Kier molecular flexibility index (Phi) is 4.55. The highest BCUT2D eigenvalue weighted by Gasteiger charge is 2.34. The number of anilines is 1. The van der Waals surface area contributed by atoms with Gasteiger partial charge in [-0.3, -0.25) is 14.5 Å². The molecule has 5 heteroatoms. The average molecular weight is 316 g/mol. The van der Waals surface area contributed by atoms with Crippen LogP contribution in [0, 0.1) is 6.92 Å². The zero-order chi connectivity index (χ0) is 16.4. The van der Waals surface area contributed by atoms with Crippen LogP contribution < -0.4 is 15.0 Å². The van der Waals surface area contributed by atoms with Gasteiger partial charge in [0.2, 0.25) is 5.91 Å². The summed E-state index contributed by atoms with van der Waals surface area (Å²) in [5.74, 6) is 0.456. The Hall–Kier alpha value is -2.04. The lowest BCUT2D eigenvalue weighted by Crippen LogP contribution is -2.50. The minimum absolute atomic E-state index is 0.0612. The molecule has 1 fully saturated rings. The molecular weight excluding hydrogens is 292 g/mol. The van der Waals surface area contributed by atoms with Crippen LogP contribution >= 0.6 is 0 Å². The van der Waals surface area contributed by atoms with E-state index in [9.17, 15) is 9.59 Å². The summed E-state index contributed by atoms with van der Waals surface area (Å²) in [4.78, 5) is 26.6. The van der Waals surface area contributed by atoms with Gasteiger partial charge in [-0.2, -0.15) is 0 Å². The Morgan fingerprint density at radius 3 is 2.78 bits per heavy atom. The molecule has 2 amide bonds. The third-order valence-electron chi connectivity index (χ3n) is 4.61. The molecule has 0 saturated heterocycles. The average Bonchev–Trinajstić information content (AvgIpc) is 3.03. The van der Waals surface area contributed by atoms with E-state index in [2.05, 4.69) is 5.32 Å². The zero-order valence-electron chi connectivity index (χ0n) is 13.8. The number of hydrogen-bond donors (Lipinski definition) is 1. The fourth-order valence-corrected chi connectivity index (χ4v) is 3.34. The van der Waals surface area contributed by atoms with Crippen molar-refractivity contribution in [3.8, 4) is 5.75 Å². The highest BCUT2D eigenvalue weighted by atomic mass is 16.5. The molecule has 1 aromatic rings. The molecule has 5 nitrogen and oxygen atoms in total. The van der Waals surface area contributed by atoms with E-state index >= 15 is 0 Å². The predicted molar refractivity (Wildman–Crippen MR) is 88.6 cm³/mol. The molecule has 2 aliphatic rings. The van der Waals surface area contributed by atoms with Crippen LogP contribution in [0.2, 0.25) is 0 Å². The number of amides is 2. The van der Waals surface area contributed by atoms with Crippen molar-refractivity contribution in [2.45, 2.75) is 58.1 Å². The van der Waals surface area contributed by atoms with E-state index in [1.807, 2.05) is 32.0 Å². The Balaban J connectivity index is 1.79. The van der Waals surface area contributed by atoms with Gasteiger partial charge in [0.25, 0.3) is 5.91 Å². The van der Waals surface area contributed by atoms with Crippen molar-refractivity contribution in [1.82, 2.24) is 5.32 Å². The molecule has 1 unspecified atom stereocenters. The molecule has 0 aromatic heterocycles. The molecule has 23 heavy (non-hydrogen) atoms. The van der Waals surface area contributed by atoms with Crippen molar-refractivity contribution < 1.29 is 14.3 Å². The molecule has 1 saturated carbocycles. The van der Waals surface area contributed by atoms with Crippen LogP contribution in [-0.2, 0) is 9.59 Å². The van der Waals surface area contributed by atoms with Gasteiger partial charge in [-0.25, -0.2) is 0 Å². The Morgan fingerprint density at radius 1 is 1.35 bits per heavy atom. The van der Waals surface area contributed by atoms with Gasteiger partial charge in [0.1, 0.15) is 12.3 Å². The van der Waals surface area contributed by atoms with E-state index in [0.29, 0.717) is 17.9 Å². The van der Waals surface area contributed by atoms with Gasteiger partial charge in [-0.15, -0.1) is 0 Å². The third-order valence-corrected chi connectivity index (χ3v) is 4.61. The van der Waals surface area contributed by atoms with Gasteiger partial charge in [0.15, 0.2) is 6.10 Å². The second-order valence-corrected chi connectivity index (χ2v) is 6.46. The first-order valence-corrected chi connectivity index (χ1v) is 8.46. The van der Waals surface area contributed by atoms with Crippen LogP contribution in [0.4, 0.5) is 5.69 Å². The molecule has 1 aromatic carbocycles. The second-order valence-electron chi connectivity index (χ2n) is 6.46. The highest BCUT2D eigenvalue weighted by molar-refractivity contribution is 6.03. The van der Waals surface area contributed by atoms with E-state index in [4.69, 9.17) is 4.74 Å². The van der Waals surface area contributed by atoms with Crippen molar-refractivity contribution in [3.05, 3.63) is 23.8 Å². The third kappa shape index (κ3) is 3.33. The monoisotopic (exact) mass is 316 g/mol. The maximum atomic E-state index is 12.6. The standard InChI is InChI=1S/C18H24N2O3/c1-3-15-18(22)20(11-17(21)19-13-6-4-5-7-13)14-10-12(2)8-9-16(14)23-15/h8-10,13,15H,3-7,11H2,1-2H3,(H,19,21). The van der Waals surface area contributed by atoms with Gasteiger partial charge in [0, 0.05) is 6.04 Å². The number of nitrogens with one attached hydrogen (secondary N) is 1. The van der Waals surface area contributed by atoms with E-state index < -0.39 is 6.10 Å². The number of ether oxygens (including phenoxy) is 1. The molecule has 0 bridgehead atoms. The van der Waals surface area contributed by atoms with Crippen LogP contribution in [0.15, 0.2) is 18.2 Å². The zero-order valence-corrected chi connectivity index (χ0v) is 13.8. The van der Waals surface area contributed by atoms with E-state index in [1.165, 1.54) is 12.8 Å². The second kappa shape index (κ2) is 6.60. The topological polar surface area (TPSA) is 58.6 Å². The van der Waals surface area contributed by atoms with Crippen molar-refractivity contribution >= 4 is 17.5 Å². The summed E-state index contributed by atoms with van der Waals surface area (Å²) in [6.45, 7) is 3.94. The van der Waals surface area contributed by atoms with Crippen LogP contribution in [0.25, 0.3) is 0 Å². The quantitative estimate of drug-likeness (QED) is 0.929. The molecule has 0 spiro atoms. The summed E-state index contributed by atoms with van der Waals surface area (Å²) >= 11 is 0. The summed E-state index contributed by atoms with van der Waals surface area (Å²) in [6, 6.07) is 6.00. The SMILES string of the molecule is CCC1Oc2ccc(C)cc2N(CC(=O)NC2CCCC2)C1=O. The Labute approximate surface area is 137 Å². The first-order chi connectivity index (χ1) is 11.1. The van der Waals surface area contributed by atoms with E-state index in [1.54, 1.807) is 4.90 Å². The maximum Gasteiger partial charge on any atom is 0.268 e. The van der Waals surface area contributed by atoms with Crippen molar-refractivity contribution in [1.29, 1.82) is 0 Å². The predicted octanol–water partition coefficient (Wildman–Crippen LogP) is 2.56. The number of benzene rings is 1. The molecule has 1 N–H and O–H groups in total. The lowest BCUT2D eigenvalue weighted by molar-refractivity contribution is -0.129. The normalized spacial score (nSPS) is 21.0. The van der Waals surface area contributed by atoms with E-state index in [-0.39, 0.29) is 24.4 Å². The summed E-state index contributed by atoms with van der Waals surface area (Å²) in [6.07, 6.45) is 4.49. The van der Waals surface area contributed by atoms with Gasteiger partial charge >= 0.3 is 0 Å². The van der Waals surface area contributed by atoms with Crippen molar-refractivity contribution in [3.63, 3.8) is 0 Å². The molecule has 1 atom stereocenters. The number of carbonyl (C=O) groups is 2. The number of fused-ring (bicyclic) bond motifs is 1. The lowest BCUT2D eigenvalue weighted by atomic mass is 10.1. The number of carbonyl (C=O) groups excluding carboxylic acids is 2. The summed E-state index contributed by atoms with van der Waals surface area (Å²) < 4.78 is 5.77. The minimum atomic E-state index is -0.510. The summed E-state index contributed by atoms with van der Waals surface area (Å²) in [5.41, 5.74) is 1.73. The largest absolute Gasteiger partial charge is 0.478 e. The number of rotatable bonds is 4. The van der Waals surface area contributed by atoms with Crippen molar-refractivity contribution in [2.24, 2.45) is 0 Å². The summed E-state index contributed by atoms with van der Waals surface area (Å²) in [5, 5.41) is 3.05. The number of nitrogens with zero attached hydrogens (tertiary/aromatic N) is 1. The maximum absolute atomic E-state index is 12.6. The fraction of sp³-hybridized carbons (Fsp3) is 0.556. The van der Waals surface area contributed by atoms with Crippen LogP contribution in [0.1, 0.15) is 44.6 Å². The number of hydrogen-bond acceptors (Lipinski definition) is 3. The van der Waals surface area contributed by atoms with Gasteiger partial charge < -0.3 is 10.1 Å². The van der Waals surface area contributed by atoms with Gasteiger partial charge in [0.05, 0.1) is 5.69 Å². The fourth-order valence-electron chi connectivity index (χ4n) is 3.34. The van der Waals surface area contributed by atoms with E-state index in [0.717, 1.165) is 18.4 Å². The highest BCUT2D eigenvalue weighted by Crippen LogP contribution is 2.35. The first kappa shape index (κ1) is 15.8. The molecule has 1 aliphatic heterocycles. The molecule has 1 aliphatic carbocycles. The van der Waals surface area contributed by atoms with Crippen LogP contribution in [-0.4, -0.2) is 30.5 Å². The van der Waals surface area contributed by atoms with Gasteiger partial charge in [-0.1, -0.05) is 25.8 Å². The lowest BCUT2D eigenvalue weighted by Gasteiger charge is -2.34. The first-order valence-electron chi connectivity index (χ1n) is 8.46. The molecular formula is C18H24N2O3.